The summed E-state index contributed by atoms with van der Waals surface area (Å²) in [5.41, 5.74) is 0. The second-order valence-corrected chi connectivity index (χ2v) is 10.9. The normalized spacial score (nSPS) is 16.7. The van der Waals surface area contributed by atoms with Crippen LogP contribution in [0, 0.1) is 0 Å². The minimum Gasteiger partial charge on any atom is -0.393 e. The highest BCUT2D eigenvalue weighted by atomic mass is 31.2. The predicted molar refractivity (Wildman–Crippen MR) is 107 cm³/mol. The third kappa shape index (κ3) is 13.4. The molecule has 0 saturated heterocycles. The number of unbranched alkanes of at least 4 members (excludes halogenated alkanes) is 5. The van der Waals surface area contributed by atoms with Crippen LogP contribution in [0.5, 0.6) is 0 Å². The van der Waals surface area contributed by atoms with Crippen LogP contribution in [-0.2, 0) is 4.57 Å². The summed E-state index contributed by atoms with van der Waals surface area (Å²) in [6, 6.07) is 0. The zero-order chi connectivity index (χ0) is 18.3. The lowest BCUT2D eigenvalue weighted by Crippen LogP contribution is -2.14. The highest BCUT2D eigenvalue weighted by Crippen LogP contribution is 2.48. The number of aliphatic hydroxyl groups excluding tert-OH is 2. The first-order chi connectivity index (χ1) is 11.5. The molecular weight excluding hydrogens is 319 g/mol. The van der Waals surface area contributed by atoms with Crippen molar-refractivity contribution in [3.63, 3.8) is 0 Å². The van der Waals surface area contributed by atoms with Crippen LogP contribution in [0.2, 0.25) is 0 Å². The molecule has 0 aliphatic rings. The zero-order valence-electron chi connectivity index (χ0n) is 16.5. The monoisotopic (exact) mass is 362 g/mol. The number of hydrogen-bond donors (Lipinski definition) is 2. The maximum atomic E-state index is 13.2. The van der Waals surface area contributed by atoms with E-state index in [1.807, 2.05) is 0 Å². The molecule has 0 aliphatic heterocycles. The van der Waals surface area contributed by atoms with Crippen molar-refractivity contribution >= 4 is 7.14 Å². The van der Waals surface area contributed by atoms with Gasteiger partial charge in [0.05, 0.1) is 19.3 Å². The Morgan fingerprint density at radius 3 is 1.42 bits per heavy atom. The topological polar surface area (TPSA) is 57.5 Å². The molecule has 0 amide bonds. The van der Waals surface area contributed by atoms with Crippen molar-refractivity contribution < 1.29 is 14.8 Å². The minimum absolute atomic E-state index is 0.305. The number of hydrogen-bond acceptors (Lipinski definition) is 3. The van der Waals surface area contributed by atoms with Crippen LogP contribution in [0.25, 0.3) is 0 Å². The van der Waals surface area contributed by atoms with Crippen molar-refractivity contribution in [3.8, 4) is 0 Å². The van der Waals surface area contributed by atoms with Crippen LogP contribution in [0.3, 0.4) is 0 Å². The summed E-state index contributed by atoms with van der Waals surface area (Å²) in [6.45, 7) is 6.46. The zero-order valence-corrected chi connectivity index (χ0v) is 17.4. The fraction of sp³-hybridized carbons (Fsp3) is 1.00. The molecule has 0 aromatic heterocycles. The summed E-state index contributed by atoms with van der Waals surface area (Å²) < 4.78 is 13.2. The van der Waals surface area contributed by atoms with Crippen molar-refractivity contribution in [3.05, 3.63) is 0 Å². The van der Waals surface area contributed by atoms with E-state index >= 15 is 0 Å². The maximum Gasteiger partial charge on any atom is 0.0879 e. The highest BCUT2D eigenvalue weighted by molar-refractivity contribution is 7.63. The summed E-state index contributed by atoms with van der Waals surface area (Å²) in [7, 11) is -2.24. The van der Waals surface area contributed by atoms with Crippen molar-refractivity contribution in [1.82, 2.24) is 0 Å². The van der Waals surface area contributed by atoms with Gasteiger partial charge in [0.15, 0.2) is 0 Å². The molecule has 3 nitrogen and oxygen atoms in total. The second-order valence-electron chi connectivity index (χ2n) is 7.46. The standard InChI is InChI=1S/C20H43O3P/c1-4-7-10-12-19(21)14-17-24(23,16-9-6-3)18-15-20(22)13-11-8-5-2/h19-22H,4-18H2,1-3H3. The molecule has 0 aliphatic carbocycles. The Balaban J connectivity index is 4.25. The van der Waals surface area contributed by atoms with Crippen LogP contribution in [-0.4, -0.2) is 40.9 Å². The van der Waals surface area contributed by atoms with Crippen LogP contribution < -0.4 is 0 Å². The van der Waals surface area contributed by atoms with Crippen molar-refractivity contribution in [2.24, 2.45) is 0 Å². The Hall–Kier alpha value is 0.150. The smallest absolute Gasteiger partial charge is 0.0879 e. The average molecular weight is 363 g/mol. The Kier molecular flexibility index (Phi) is 15.5. The van der Waals surface area contributed by atoms with E-state index in [1.54, 1.807) is 0 Å². The molecule has 0 heterocycles. The van der Waals surface area contributed by atoms with E-state index in [1.165, 1.54) is 0 Å². The lowest BCUT2D eigenvalue weighted by Gasteiger charge is -2.21. The van der Waals surface area contributed by atoms with E-state index in [0.29, 0.717) is 25.2 Å². The van der Waals surface area contributed by atoms with E-state index in [0.717, 1.165) is 70.4 Å². The van der Waals surface area contributed by atoms with Gasteiger partial charge < -0.3 is 14.8 Å². The van der Waals surface area contributed by atoms with Gasteiger partial charge in [-0.25, -0.2) is 0 Å². The van der Waals surface area contributed by atoms with Crippen LogP contribution in [0.4, 0.5) is 0 Å². The van der Waals surface area contributed by atoms with Gasteiger partial charge in [-0.15, -0.1) is 0 Å². The molecule has 0 aromatic carbocycles. The van der Waals surface area contributed by atoms with E-state index in [-0.39, 0.29) is 12.2 Å². The predicted octanol–water partition coefficient (Wildman–Crippen LogP) is 5.81. The second kappa shape index (κ2) is 15.4. The average Bonchev–Trinajstić information content (AvgIpc) is 2.57. The Bertz CT molecular complexity index is 296. The lowest BCUT2D eigenvalue weighted by atomic mass is 10.1. The molecule has 2 unspecified atom stereocenters. The van der Waals surface area contributed by atoms with Crippen molar-refractivity contribution in [1.29, 1.82) is 0 Å². The summed E-state index contributed by atoms with van der Waals surface area (Å²) in [6.07, 6.45) is 13.3. The molecule has 2 N–H and O–H groups in total. The van der Waals surface area contributed by atoms with Crippen LogP contribution in [0.15, 0.2) is 0 Å². The summed E-state index contributed by atoms with van der Waals surface area (Å²) in [4.78, 5) is 0. The molecule has 24 heavy (non-hydrogen) atoms. The first-order valence-electron chi connectivity index (χ1n) is 10.4. The Morgan fingerprint density at radius 1 is 0.625 bits per heavy atom. The highest BCUT2D eigenvalue weighted by Gasteiger charge is 2.23. The largest absolute Gasteiger partial charge is 0.393 e. The van der Waals surface area contributed by atoms with Crippen molar-refractivity contribution in [2.75, 3.05) is 18.5 Å². The molecule has 0 rings (SSSR count). The lowest BCUT2D eigenvalue weighted by molar-refractivity contribution is 0.155. The molecule has 0 bridgehead atoms. The van der Waals surface area contributed by atoms with Crippen molar-refractivity contribution in [2.45, 2.75) is 110 Å². The van der Waals surface area contributed by atoms with E-state index in [4.69, 9.17) is 0 Å². The van der Waals surface area contributed by atoms with Gasteiger partial charge >= 0.3 is 0 Å². The first kappa shape index (κ1) is 24.1. The van der Waals surface area contributed by atoms with Gasteiger partial charge in [-0.3, -0.25) is 0 Å². The molecular formula is C20H43O3P. The van der Waals surface area contributed by atoms with E-state index < -0.39 is 7.14 Å². The number of aliphatic hydroxyl groups is 2. The minimum atomic E-state index is -2.24. The van der Waals surface area contributed by atoms with Gasteiger partial charge in [0, 0.05) is 18.5 Å². The molecule has 0 radical (unpaired) electrons. The fourth-order valence-corrected chi connectivity index (χ4v) is 6.20. The fourth-order valence-electron chi connectivity index (χ4n) is 3.10. The first-order valence-corrected chi connectivity index (χ1v) is 12.7. The van der Waals surface area contributed by atoms with Gasteiger partial charge in [-0.05, 0) is 32.1 Å². The van der Waals surface area contributed by atoms with Crippen LogP contribution in [0.1, 0.15) is 97.8 Å². The molecule has 0 spiro atoms. The molecule has 146 valence electrons. The van der Waals surface area contributed by atoms with Gasteiger partial charge in [0.2, 0.25) is 0 Å². The SMILES string of the molecule is CCCCCC(O)CCP(=O)(CCCC)CCC(O)CCCCC. The third-order valence-corrected chi connectivity index (χ3v) is 8.22. The van der Waals surface area contributed by atoms with Gasteiger partial charge in [0.1, 0.15) is 0 Å². The molecule has 0 aromatic rings. The summed E-state index contributed by atoms with van der Waals surface area (Å²) in [5.74, 6) is 0. The van der Waals surface area contributed by atoms with Gasteiger partial charge in [-0.1, -0.05) is 65.7 Å². The van der Waals surface area contributed by atoms with Gasteiger partial charge in [-0.2, -0.15) is 0 Å². The van der Waals surface area contributed by atoms with E-state index in [2.05, 4.69) is 20.8 Å². The Morgan fingerprint density at radius 2 is 1.04 bits per heavy atom. The Labute approximate surface area is 151 Å². The maximum absolute atomic E-state index is 13.2. The van der Waals surface area contributed by atoms with Crippen LogP contribution >= 0.6 is 7.14 Å². The molecule has 4 heteroatoms. The summed E-state index contributed by atoms with van der Waals surface area (Å²) >= 11 is 0. The van der Waals surface area contributed by atoms with E-state index in [9.17, 15) is 14.8 Å². The summed E-state index contributed by atoms with van der Waals surface area (Å²) in [5, 5.41) is 20.2. The molecule has 0 saturated carbocycles. The molecule has 2 atom stereocenters. The third-order valence-electron chi connectivity index (χ3n) is 4.94. The van der Waals surface area contributed by atoms with Gasteiger partial charge in [0.25, 0.3) is 0 Å². The quantitative estimate of drug-likeness (QED) is 0.253. The molecule has 0 fully saturated rings. The number of rotatable bonds is 17.